The minimum Gasteiger partial charge on any atom is -0.450 e. The molecule has 0 radical (unpaired) electrons. The van der Waals surface area contributed by atoms with Gasteiger partial charge in [0.15, 0.2) is 0 Å². The first-order valence-electron chi connectivity index (χ1n) is 6.11. The molecule has 4 heteroatoms. The van der Waals surface area contributed by atoms with Crippen LogP contribution < -0.4 is 0 Å². The molecule has 17 heavy (non-hydrogen) atoms. The average Bonchev–Trinajstić information content (AvgIpc) is 2.13. The smallest absolute Gasteiger partial charge is 0.364 e. The van der Waals surface area contributed by atoms with Crippen molar-refractivity contribution >= 4 is 17.9 Å². The monoisotopic (exact) mass is 258 g/mol. The molecule has 1 aliphatic rings. The van der Waals surface area contributed by atoms with Crippen LogP contribution in [0.4, 0.5) is 4.79 Å². The maximum absolute atomic E-state index is 10.8. The average molecular weight is 258 g/mol. The molecule has 0 heterocycles. The zero-order valence-electron chi connectivity index (χ0n) is 10.8. The molecule has 3 nitrogen and oxygen atoms in total. The lowest BCUT2D eigenvalue weighted by Crippen LogP contribution is -2.29. The van der Waals surface area contributed by atoms with Crippen molar-refractivity contribution in [2.45, 2.75) is 64.3 Å². The van der Waals surface area contributed by atoms with Gasteiger partial charge < -0.3 is 9.47 Å². The Balaban J connectivity index is 2.49. The highest BCUT2D eigenvalue weighted by atomic mass is 32.1. The van der Waals surface area contributed by atoms with E-state index in [1.807, 2.05) is 6.08 Å². The first-order chi connectivity index (χ1) is 7.87. The number of allylic oxidation sites excluding steroid dienone is 1. The van der Waals surface area contributed by atoms with Gasteiger partial charge in [-0.1, -0.05) is 18.7 Å². The van der Waals surface area contributed by atoms with Crippen molar-refractivity contribution in [1.82, 2.24) is 0 Å². The van der Waals surface area contributed by atoms with Crippen LogP contribution in [0, 0.1) is 0 Å². The van der Waals surface area contributed by atoms with Gasteiger partial charge >= 0.3 is 5.30 Å². The summed E-state index contributed by atoms with van der Waals surface area (Å²) in [7, 11) is 0. The normalized spacial score (nSPS) is 26.1. The Morgan fingerprint density at radius 2 is 2.00 bits per heavy atom. The second-order valence-corrected chi connectivity index (χ2v) is 5.72. The van der Waals surface area contributed by atoms with Gasteiger partial charge in [0.2, 0.25) is 0 Å². The lowest BCUT2D eigenvalue weighted by molar-refractivity contribution is -0.0693. The van der Waals surface area contributed by atoms with E-state index in [-0.39, 0.29) is 17.8 Å². The van der Waals surface area contributed by atoms with Crippen LogP contribution in [-0.2, 0) is 9.47 Å². The van der Waals surface area contributed by atoms with E-state index in [4.69, 9.17) is 9.47 Å². The van der Waals surface area contributed by atoms with Crippen LogP contribution in [0.1, 0.15) is 46.5 Å². The van der Waals surface area contributed by atoms with E-state index < -0.39 is 5.30 Å². The summed E-state index contributed by atoms with van der Waals surface area (Å²) in [6.45, 7) is 6.19. The summed E-state index contributed by atoms with van der Waals surface area (Å²) in [5.41, 5.74) is -0.122. The lowest BCUT2D eigenvalue weighted by Gasteiger charge is -2.29. The van der Waals surface area contributed by atoms with Crippen LogP contribution in [0.15, 0.2) is 12.2 Å². The zero-order valence-corrected chi connectivity index (χ0v) is 11.7. The quantitative estimate of drug-likeness (QED) is 0.465. The number of carbonyl (C=O) groups is 1. The van der Waals surface area contributed by atoms with Crippen LogP contribution in [0.5, 0.6) is 0 Å². The van der Waals surface area contributed by atoms with Gasteiger partial charge in [-0.3, -0.25) is 0 Å². The molecule has 0 spiro atoms. The van der Waals surface area contributed by atoms with Crippen molar-refractivity contribution in [3.8, 4) is 0 Å². The van der Waals surface area contributed by atoms with Crippen LogP contribution in [0.25, 0.3) is 0 Å². The van der Waals surface area contributed by atoms with Gasteiger partial charge in [-0.25, -0.2) is 4.79 Å². The van der Waals surface area contributed by atoms with Crippen molar-refractivity contribution in [1.29, 1.82) is 0 Å². The van der Waals surface area contributed by atoms with Crippen LogP contribution in [0.2, 0.25) is 0 Å². The van der Waals surface area contributed by atoms with Crippen LogP contribution in [0.3, 0.4) is 0 Å². The first kappa shape index (κ1) is 14.6. The van der Waals surface area contributed by atoms with Gasteiger partial charge in [-0.2, -0.15) is 0 Å². The summed E-state index contributed by atoms with van der Waals surface area (Å²) in [6.07, 6.45) is 7.77. The maximum Gasteiger partial charge on any atom is 0.364 e. The summed E-state index contributed by atoms with van der Waals surface area (Å²) in [5.74, 6) is 0. The van der Waals surface area contributed by atoms with Crippen molar-refractivity contribution in [2.24, 2.45) is 0 Å². The van der Waals surface area contributed by atoms with Crippen LogP contribution >= 0.6 is 12.6 Å². The molecule has 2 unspecified atom stereocenters. The predicted octanol–water partition coefficient (Wildman–Crippen LogP) is 3.74. The minimum absolute atomic E-state index is 0.122. The molecule has 0 fully saturated rings. The molecular weight excluding hydrogens is 236 g/mol. The standard InChI is InChI=1S/C13H22O3S/c1-13(2,3)16-11-7-5-4-6-10(8-9-11)15-12(14)17/h4,6,10-11H,5,7-9H2,1-3H3,(H,14,17). The summed E-state index contributed by atoms with van der Waals surface area (Å²) in [4.78, 5) is 10.8. The van der Waals surface area contributed by atoms with Crippen molar-refractivity contribution < 1.29 is 14.3 Å². The SMILES string of the molecule is CC(C)(C)OC1CCC=CC(OC(=O)S)CC1. The Kier molecular flexibility index (Phi) is 5.53. The fourth-order valence-corrected chi connectivity index (χ4v) is 2.10. The first-order valence-corrected chi connectivity index (χ1v) is 6.55. The maximum atomic E-state index is 10.8. The fourth-order valence-electron chi connectivity index (χ4n) is 1.97. The summed E-state index contributed by atoms with van der Waals surface area (Å²) in [5, 5.41) is -0.520. The predicted molar refractivity (Wildman–Crippen MR) is 71.5 cm³/mol. The van der Waals surface area contributed by atoms with Gasteiger partial charge in [0.1, 0.15) is 6.10 Å². The molecule has 0 aromatic heterocycles. The van der Waals surface area contributed by atoms with E-state index in [9.17, 15) is 4.79 Å². The Morgan fingerprint density at radius 1 is 1.29 bits per heavy atom. The van der Waals surface area contributed by atoms with Gasteiger partial charge in [0.25, 0.3) is 0 Å². The van der Waals surface area contributed by atoms with Crippen molar-refractivity contribution in [3.05, 3.63) is 12.2 Å². The number of hydrogen-bond donors (Lipinski definition) is 1. The van der Waals surface area contributed by atoms with E-state index in [1.165, 1.54) is 0 Å². The number of hydrogen-bond acceptors (Lipinski definition) is 3. The third-order valence-electron chi connectivity index (χ3n) is 2.55. The van der Waals surface area contributed by atoms with E-state index in [2.05, 4.69) is 39.5 Å². The Bertz CT molecular complexity index is 281. The van der Waals surface area contributed by atoms with Gasteiger partial charge in [-0.15, -0.1) is 0 Å². The van der Waals surface area contributed by atoms with Crippen molar-refractivity contribution in [2.75, 3.05) is 0 Å². The topological polar surface area (TPSA) is 35.5 Å². The molecule has 0 aromatic rings. The number of ether oxygens (including phenoxy) is 2. The highest BCUT2D eigenvalue weighted by Crippen LogP contribution is 2.22. The molecule has 1 rings (SSSR count). The van der Waals surface area contributed by atoms with E-state index in [0.29, 0.717) is 0 Å². The van der Waals surface area contributed by atoms with E-state index in [1.54, 1.807) is 0 Å². The van der Waals surface area contributed by atoms with Crippen molar-refractivity contribution in [3.63, 3.8) is 0 Å². The number of thiol groups is 1. The third-order valence-corrected chi connectivity index (χ3v) is 2.66. The lowest BCUT2D eigenvalue weighted by atomic mass is 10.0. The molecule has 0 aliphatic heterocycles. The third kappa shape index (κ3) is 6.74. The second-order valence-electron chi connectivity index (χ2n) is 5.36. The second kappa shape index (κ2) is 6.45. The summed E-state index contributed by atoms with van der Waals surface area (Å²) < 4.78 is 11.1. The number of rotatable bonds is 2. The van der Waals surface area contributed by atoms with Gasteiger partial charge in [0, 0.05) is 0 Å². The highest BCUT2D eigenvalue weighted by molar-refractivity contribution is 7.96. The summed E-state index contributed by atoms with van der Waals surface area (Å²) in [6, 6.07) is 0. The largest absolute Gasteiger partial charge is 0.450 e. The fraction of sp³-hybridized carbons (Fsp3) is 0.769. The van der Waals surface area contributed by atoms with E-state index in [0.717, 1.165) is 25.7 Å². The molecule has 0 aromatic carbocycles. The number of carbonyl (C=O) groups excluding carboxylic acids is 1. The summed E-state index contributed by atoms with van der Waals surface area (Å²) >= 11 is 3.64. The van der Waals surface area contributed by atoms with Gasteiger partial charge in [-0.05, 0) is 52.5 Å². The molecule has 0 amide bonds. The molecule has 98 valence electrons. The Hall–Kier alpha value is -0.480. The Morgan fingerprint density at radius 3 is 2.59 bits per heavy atom. The minimum atomic E-state index is -0.520. The molecule has 0 saturated heterocycles. The molecule has 0 N–H and O–H groups in total. The van der Waals surface area contributed by atoms with E-state index >= 15 is 0 Å². The molecule has 1 aliphatic carbocycles. The molecule has 2 atom stereocenters. The molecule has 0 bridgehead atoms. The molecular formula is C13H22O3S. The zero-order chi connectivity index (χ0) is 12.9. The Labute approximate surface area is 109 Å². The van der Waals surface area contributed by atoms with Gasteiger partial charge in [0.05, 0.1) is 11.7 Å². The van der Waals surface area contributed by atoms with Crippen LogP contribution in [-0.4, -0.2) is 23.1 Å². The highest BCUT2D eigenvalue weighted by Gasteiger charge is 2.21. The molecule has 0 saturated carbocycles.